The number of rotatable bonds is 9. The van der Waals surface area contributed by atoms with E-state index < -0.39 is 0 Å². The van der Waals surface area contributed by atoms with Crippen LogP contribution in [0.2, 0.25) is 0 Å². The summed E-state index contributed by atoms with van der Waals surface area (Å²) in [4.78, 5) is 2.41. The summed E-state index contributed by atoms with van der Waals surface area (Å²) in [7, 11) is 0. The summed E-state index contributed by atoms with van der Waals surface area (Å²) in [6, 6.07) is 95.5. The van der Waals surface area contributed by atoms with Gasteiger partial charge in [0.25, 0.3) is 0 Å². The zero-order valence-electron chi connectivity index (χ0n) is 38.3. The SMILES string of the molecule is CC1(C)c2cc(-c3ccc(-c4cccc5ccccc45)cc3)ccc2-c2ccc(N(c3ccc(-c4ccc(-c5ccccc5)cc4)cc3)c3ccc(-c4ccc(-c5ccccc5)cc4)cc3)cc21. The van der Waals surface area contributed by atoms with E-state index in [1.54, 1.807) is 0 Å². The van der Waals surface area contributed by atoms with E-state index in [0.717, 1.165) is 17.1 Å². The van der Waals surface area contributed by atoms with Crippen LogP contribution in [0.15, 0.2) is 261 Å². The summed E-state index contributed by atoms with van der Waals surface area (Å²) in [6.07, 6.45) is 0. The van der Waals surface area contributed by atoms with Gasteiger partial charge < -0.3 is 4.90 Å². The first-order chi connectivity index (χ1) is 33.4. The van der Waals surface area contributed by atoms with E-state index in [1.807, 2.05) is 0 Å². The molecule has 0 radical (unpaired) electrons. The Hall–Kier alpha value is -8.52. The van der Waals surface area contributed by atoms with Crippen LogP contribution in [0.25, 0.3) is 88.7 Å². The van der Waals surface area contributed by atoms with Crippen LogP contribution >= 0.6 is 0 Å². The van der Waals surface area contributed by atoms with E-state index in [2.05, 4.69) is 280 Å². The molecule has 0 fully saturated rings. The fourth-order valence-corrected chi connectivity index (χ4v) is 10.4. The van der Waals surface area contributed by atoms with Gasteiger partial charge in [0.05, 0.1) is 0 Å². The Morgan fingerprint density at radius 1 is 0.250 bits per heavy atom. The zero-order valence-corrected chi connectivity index (χ0v) is 38.3. The summed E-state index contributed by atoms with van der Waals surface area (Å²) in [5.41, 5.74) is 23.1. The highest BCUT2D eigenvalue weighted by Gasteiger charge is 2.36. The molecule has 1 aliphatic rings. The lowest BCUT2D eigenvalue weighted by atomic mass is 9.81. The Morgan fingerprint density at radius 2 is 0.603 bits per heavy atom. The van der Waals surface area contributed by atoms with Gasteiger partial charge in [-0.3, -0.25) is 0 Å². The first-order valence-electron chi connectivity index (χ1n) is 23.6. The smallest absolute Gasteiger partial charge is 0.0465 e. The molecule has 0 aromatic heterocycles. The summed E-state index contributed by atoms with van der Waals surface area (Å²) in [5, 5.41) is 2.54. The van der Waals surface area contributed by atoms with Gasteiger partial charge in [0.15, 0.2) is 0 Å². The topological polar surface area (TPSA) is 3.24 Å². The van der Waals surface area contributed by atoms with E-state index >= 15 is 0 Å². The number of hydrogen-bond acceptors (Lipinski definition) is 1. The van der Waals surface area contributed by atoms with Crippen molar-refractivity contribution in [1.29, 1.82) is 0 Å². The van der Waals surface area contributed by atoms with Crippen molar-refractivity contribution in [2.45, 2.75) is 19.3 Å². The van der Waals surface area contributed by atoms with Gasteiger partial charge in [0.1, 0.15) is 0 Å². The minimum atomic E-state index is -0.212. The third-order valence-electron chi connectivity index (χ3n) is 14.1. The van der Waals surface area contributed by atoms with Gasteiger partial charge in [-0.1, -0.05) is 232 Å². The lowest BCUT2D eigenvalue weighted by Gasteiger charge is -2.28. The Bertz CT molecular complexity index is 3440. The minimum Gasteiger partial charge on any atom is -0.310 e. The van der Waals surface area contributed by atoms with Crippen LogP contribution in [0.3, 0.4) is 0 Å². The predicted octanol–water partition coefficient (Wildman–Crippen LogP) is 18.6. The molecule has 1 heteroatoms. The van der Waals surface area contributed by atoms with Crippen LogP contribution in [0.1, 0.15) is 25.0 Å². The van der Waals surface area contributed by atoms with Crippen LogP contribution in [-0.4, -0.2) is 0 Å². The molecular weight excluding hydrogens is 819 g/mol. The molecule has 12 rings (SSSR count). The molecule has 68 heavy (non-hydrogen) atoms. The fraction of sp³-hybridized carbons (Fsp3) is 0.0448. The van der Waals surface area contributed by atoms with Gasteiger partial charge >= 0.3 is 0 Å². The second kappa shape index (κ2) is 17.0. The number of nitrogens with zero attached hydrogens (tertiary/aromatic N) is 1. The molecule has 1 aliphatic carbocycles. The zero-order chi connectivity index (χ0) is 45.6. The molecular formula is C67H49N. The monoisotopic (exact) mass is 867 g/mol. The molecule has 0 aliphatic heterocycles. The van der Waals surface area contributed by atoms with Crippen molar-refractivity contribution in [2.75, 3.05) is 4.90 Å². The van der Waals surface area contributed by atoms with E-state index in [9.17, 15) is 0 Å². The molecule has 322 valence electrons. The molecule has 0 saturated heterocycles. The minimum absolute atomic E-state index is 0.212. The van der Waals surface area contributed by atoms with E-state index in [4.69, 9.17) is 0 Å². The molecule has 11 aromatic rings. The highest BCUT2D eigenvalue weighted by atomic mass is 15.1. The fourth-order valence-electron chi connectivity index (χ4n) is 10.4. The maximum atomic E-state index is 2.43. The maximum absolute atomic E-state index is 2.43. The second-order valence-corrected chi connectivity index (χ2v) is 18.5. The molecule has 0 unspecified atom stereocenters. The van der Waals surface area contributed by atoms with Gasteiger partial charge in [0.2, 0.25) is 0 Å². The van der Waals surface area contributed by atoms with Gasteiger partial charge in [-0.15, -0.1) is 0 Å². The van der Waals surface area contributed by atoms with Crippen molar-refractivity contribution in [1.82, 2.24) is 0 Å². The Morgan fingerprint density at radius 3 is 1.12 bits per heavy atom. The Balaban J connectivity index is 0.875. The standard InChI is InChI=1S/C67H49N/c1-67(2)65-44-57(54-28-30-56(31-29-54)62-19-11-17-55-16-9-10-18-61(55)62)36-42-63(65)64-43-41-60(45-66(64)67)68(58-37-32-52(33-38-58)50-24-20-48(21-25-50)46-12-5-3-6-13-46)59-39-34-53(35-40-59)51-26-22-49(23-27-51)47-14-7-4-8-15-47/h3-45H,1-2H3. The van der Waals surface area contributed by atoms with E-state index in [-0.39, 0.29) is 5.41 Å². The summed E-state index contributed by atoms with van der Waals surface area (Å²) >= 11 is 0. The lowest BCUT2D eigenvalue weighted by Crippen LogP contribution is -2.16. The van der Waals surface area contributed by atoms with Gasteiger partial charge in [-0.25, -0.2) is 0 Å². The summed E-state index contributed by atoms with van der Waals surface area (Å²) in [6.45, 7) is 4.77. The van der Waals surface area contributed by atoms with Crippen molar-refractivity contribution in [3.8, 4) is 77.9 Å². The normalized spacial score (nSPS) is 12.4. The van der Waals surface area contributed by atoms with Crippen LogP contribution in [-0.2, 0) is 5.41 Å². The molecule has 0 heterocycles. The molecule has 0 atom stereocenters. The molecule has 0 bridgehead atoms. The molecule has 11 aromatic carbocycles. The van der Waals surface area contributed by atoms with Crippen LogP contribution in [0, 0.1) is 0 Å². The van der Waals surface area contributed by atoms with E-state index in [1.165, 1.54) is 99.8 Å². The number of anilines is 3. The largest absolute Gasteiger partial charge is 0.310 e. The highest BCUT2D eigenvalue weighted by molar-refractivity contribution is 5.97. The quantitative estimate of drug-likeness (QED) is 0.140. The Kier molecular flexibility index (Phi) is 10.3. The Labute approximate surface area is 399 Å². The molecule has 0 spiro atoms. The first-order valence-corrected chi connectivity index (χ1v) is 23.6. The van der Waals surface area contributed by atoms with Crippen molar-refractivity contribution >= 4 is 27.8 Å². The number of benzene rings is 11. The van der Waals surface area contributed by atoms with Gasteiger partial charge in [0, 0.05) is 22.5 Å². The lowest BCUT2D eigenvalue weighted by molar-refractivity contribution is 0.660. The summed E-state index contributed by atoms with van der Waals surface area (Å²) in [5.74, 6) is 0. The third kappa shape index (κ3) is 7.49. The number of hydrogen-bond donors (Lipinski definition) is 0. The van der Waals surface area contributed by atoms with Crippen molar-refractivity contribution in [3.63, 3.8) is 0 Å². The third-order valence-corrected chi connectivity index (χ3v) is 14.1. The molecule has 1 nitrogen and oxygen atoms in total. The first kappa shape index (κ1) is 40.9. The van der Waals surface area contributed by atoms with Crippen molar-refractivity contribution < 1.29 is 0 Å². The molecule has 0 saturated carbocycles. The predicted molar refractivity (Wildman–Crippen MR) is 289 cm³/mol. The van der Waals surface area contributed by atoms with Gasteiger partial charge in [-0.2, -0.15) is 0 Å². The molecule has 0 N–H and O–H groups in total. The van der Waals surface area contributed by atoms with Crippen LogP contribution in [0.5, 0.6) is 0 Å². The van der Waals surface area contributed by atoms with Crippen molar-refractivity contribution in [3.05, 3.63) is 272 Å². The van der Waals surface area contributed by atoms with E-state index in [0.29, 0.717) is 0 Å². The average Bonchev–Trinajstić information content (AvgIpc) is 3.64. The van der Waals surface area contributed by atoms with Gasteiger partial charge in [-0.05, 0) is 142 Å². The highest BCUT2D eigenvalue weighted by Crippen LogP contribution is 2.52. The van der Waals surface area contributed by atoms with Crippen LogP contribution in [0.4, 0.5) is 17.1 Å². The molecule has 0 amide bonds. The van der Waals surface area contributed by atoms with Crippen molar-refractivity contribution in [2.24, 2.45) is 0 Å². The average molecular weight is 868 g/mol. The second-order valence-electron chi connectivity index (χ2n) is 18.5. The maximum Gasteiger partial charge on any atom is 0.0465 e. The number of fused-ring (bicyclic) bond motifs is 4. The van der Waals surface area contributed by atoms with Crippen LogP contribution < -0.4 is 4.90 Å². The summed E-state index contributed by atoms with van der Waals surface area (Å²) < 4.78 is 0.